The number of furan rings is 1. The number of hydrogen-bond acceptors (Lipinski definition) is 5. The number of nitro groups is 1. The Balaban J connectivity index is 2.20. The molecule has 0 fully saturated rings. The van der Waals surface area contributed by atoms with Gasteiger partial charge in [0.15, 0.2) is 0 Å². The highest BCUT2D eigenvalue weighted by atomic mass is 16.6. The third-order valence-corrected chi connectivity index (χ3v) is 2.41. The molecule has 0 saturated carbocycles. The van der Waals surface area contributed by atoms with Gasteiger partial charge in [-0.25, -0.2) is 0 Å². The molecule has 2 rings (SSSR count). The average Bonchev–Trinajstić information content (AvgIpc) is 2.85. The standard InChI is InChI=1S/C13H13N3O3/c1-15(2)14-9-12-7-8-13(19-12)10-3-5-11(6-4-10)16(17)18/h3-9H,1-2H3/b14-9-. The molecule has 1 heterocycles. The van der Waals surface area contributed by atoms with Gasteiger partial charge in [0.05, 0.1) is 11.1 Å². The molecule has 0 unspecified atom stereocenters. The van der Waals surface area contributed by atoms with Crippen molar-refractivity contribution in [2.75, 3.05) is 14.1 Å². The fourth-order valence-electron chi connectivity index (χ4n) is 1.50. The Morgan fingerprint density at radius 1 is 1.21 bits per heavy atom. The number of benzene rings is 1. The van der Waals surface area contributed by atoms with E-state index in [0.717, 1.165) is 5.56 Å². The molecule has 0 N–H and O–H groups in total. The lowest BCUT2D eigenvalue weighted by Gasteiger charge is -2.00. The second-order valence-corrected chi connectivity index (χ2v) is 4.10. The maximum absolute atomic E-state index is 10.6. The first-order valence-corrected chi connectivity index (χ1v) is 5.62. The zero-order valence-electron chi connectivity index (χ0n) is 10.6. The molecule has 6 heteroatoms. The maximum Gasteiger partial charge on any atom is 0.269 e. The fourth-order valence-corrected chi connectivity index (χ4v) is 1.50. The lowest BCUT2D eigenvalue weighted by molar-refractivity contribution is -0.384. The summed E-state index contributed by atoms with van der Waals surface area (Å²) in [5.74, 6) is 1.28. The van der Waals surface area contributed by atoms with Gasteiger partial charge in [-0.15, -0.1) is 0 Å². The minimum Gasteiger partial charge on any atom is -0.455 e. The molecular weight excluding hydrogens is 246 g/mol. The first kappa shape index (κ1) is 12.8. The van der Waals surface area contributed by atoms with Crippen LogP contribution in [-0.4, -0.2) is 30.2 Å². The van der Waals surface area contributed by atoms with Crippen molar-refractivity contribution >= 4 is 11.9 Å². The quantitative estimate of drug-likeness (QED) is 0.481. The zero-order chi connectivity index (χ0) is 13.8. The molecule has 0 radical (unpaired) electrons. The normalized spacial score (nSPS) is 10.8. The number of hydrogen-bond donors (Lipinski definition) is 0. The molecule has 19 heavy (non-hydrogen) atoms. The predicted molar refractivity (Wildman–Crippen MR) is 72.1 cm³/mol. The summed E-state index contributed by atoms with van der Waals surface area (Å²) in [7, 11) is 3.63. The van der Waals surface area contributed by atoms with Crippen LogP contribution in [0.25, 0.3) is 11.3 Å². The Morgan fingerprint density at radius 2 is 1.89 bits per heavy atom. The lowest BCUT2D eigenvalue weighted by atomic mass is 10.1. The van der Waals surface area contributed by atoms with Crippen molar-refractivity contribution in [1.82, 2.24) is 5.01 Å². The van der Waals surface area contributed by atoms with E-state index in [2.05, 4.69) is 5.10 Å². The molecule has 0 amide bonds. The largest absolute Gasteiger partial charge is 0.455 e. The van der Waals surface area contributed by atoms with Gasteiger partial charge < -0.3 is 9.43 Å². The topological polar surface area (TPSA) is 71.9 Å². The van der Waals surface area contributed by atoms with E-state index in [1.807, 2.05) is 14.1 Å². The summed E-state index contributed by atoms with van der Waals surface area (Å²) in [6, 6.07) is 9.81. The highest BCUT2D eigenvalue weighted by Gasteiger charge is 2.07. The number of nitro benzene ring substituents is 1. The van der Waals surface area contributed by atoms with Gasteiger partial charge in [0, 0.05) is 31.8 Å². The summed E-state index contributed by atoms with van der Waals surface area (Å²) < 4.78 is 5.57. The molecule has 0 spiro atoms. The van der Waals surface area contributed by atoms with Crippen LogP contribution in [0, 0.1) is 10.1 Å². The molecule has 2 aromatic rings. The van der Waals surface area contributed by atoms with E-state index in [0.29, 0.717) is 11.5 Å². The minimum atomic E-state index is -0.429. The molecule has 0 aliphatic heterocycles. The maximum atomic E-state index is 10.6. The Bertz CT molecular complexity index is 600. The summed E-state index contributed by atoms with van der Waals surface area (Å²) in [5.41, 5.74) is 0.847. The number of hydrazone groups is 1. The van der Waals surface area contributed by atoms with Crippen LogP contribution >= 0.6 is 0 Å². The first-order chi connectivity index (χ1) is 9.06. The Labute approximate surface area is 110 Å². The molecule has 0 atom stereocenters. The van der Waals surface area contributed by atoms with Gasteiger partial charge in [-0.1, -0.05) is 0 Å². The SMILES string of the molecule is CN(C)/N=C\c1ccc(-c2ccc([N+](=O)[O-])cc2)o1. The van der Waals surface area contributed by atoms with Crippen LogP contribution < -0.4 is 0 Å². The second kappa shape index (κ2) is 5.34. The second-order valence-electron chi connectivity index (χ2n) is 4.10. The molecule has 0 aliphatic carbocycles. The van der Waals surface area contributed by atoms with Crippen LogP contribution in [0.3, 0.4) is 0 Å². The smallest absolute Gasteiger partial charge is 0.269 e. The van der Waals surface area contributed by atoms with Gasteiger partial charge in [0.25, 0.3) is 5.69 Å². The van der Waals surface area contributed by atoms with E-state index < -0.39 is 4.92 Å². The lowest BCUT2D eigenvalue weighted by Crippen LogP contribution is -2.01. The third kappa shape index (κ3) is 3.19. The van der Waals surface area contributed by atoms with Crippen LogP contribution in [0.5, 0.6) is 0 Å². The number of nitrogens with zero attached hydrogens (tertiary/aromatic N) is 3. The van der Waals surface area contributed by atoms with Gasteiger partial charge >= 0.3 is 0 Å². The highest BCUT2D eigenvalue weighted by molar-refractivity contribution is 5.77. The summed E-state index contributed by atoms with van der Waals surface area (Å²) >= 11 is 0. The van der Waals surface area contributed by atoms with E-state index in [4.69, 9.17) is 4.42 Å². The third-order valence-electron chi connectivity index (χ3n) is 2.41. The van der Waals surface area contributed by atoms with Gasteiger partial charge in [-0.2, -0.15) is 5.10 Å². The van der Waals surface area contributed by atoms with Crippen molar-refractivity contribution in [2.24, 2.45) is 5.10 Å². The van der Waals surface area contributed by atoms with Crippen molar-refractivity contribution in [3.63, 3.8) is 0 Å². The Kier molecular flexibility index (Phi) is 3.61. The summed E-state index contributed by atoms with van der Waals surface area (Å²) in [6.07, 6.45) is 1.61. The molecular formula is C13H13N3O3. The molecule has 1 aromatic heterocycles. The Morgan fingerprint density at radius 3 is 2.47 bits per heavy atom. The van der Waals surface area contributed by atoms with E-state index in [9.17, 15) is 10.1 Å². The number of rotatable bonds is 4. The van der Waals surface area contributed by atoms with Crippen LogP contribution in [0.2, 0.25) is 0 Å². The van der Waals surface area contributed by atoms with Crippen molar-refractivity contribution in [2.45, 2.75) is 0 Å². The van der Waals surface area contributed by atoms with Crippen LogP contribution in [-0.2, 0) is 0 Å². The highest BCUT2D eigenvalue weighted by Crippen LogP contribution is 2.23. The Hall–Kier alpha value is -2.63. The van der Waals surface area contributed by atoms with Crippen LogP contribution in [0.4, 0.5) is 5.69 Å². The molecule has 0 saturated heterocycles. The molecule has 1 aromatic carbocycles. The summed E-state index contributed by atoms with van der Waals surface area (Å²) in [4.78, 5) is 10.1. The van der Waals surface area contributed by atoms with Crippen LogP contribution in [0.1, 0.15) is 5.76 Å². The van der Waals surface area contributed by atoms with E-state index in [1.54, 1.807) is 35.5 Å². The van der Waals surface area contributed by atoms with E-state index in [1.165, 1.54) is 12.1 Å². The molecule has 98 valence electrons. The molecule has 6 nitrogen and oxygen atoms in total. The molecule has 0 aliphatic rings. The van der Waals surface area contributed by atoms with Gasteiger partial charge in [-0.05, 0) is 24.3 Å². The predicted octanol–water partition coefficient (Wildman–Crippen LogP) is 2.75. The minimum absolute atomic E-state index is 0.0599. The summed E-state index contributed by atoms with van der Waals surface area (Å²) in [5, 5.41) is 16.3. The van der Waals surface area contributed by atoms with Gasteiger partial charge in [0.1, 0.15) is 11.5 Å². The van der Waals surface area contributed by atoms with Crippen molar-refractivity contribution in [3.8, 4) is 11.3 Å². The summed E-state index contributed by atoms with van der Waals surface area (Å²) in [6.45, 7) is 0. The van der Waals surface area contributed by atoms with E-state index >= 15 is 0 Å². The first-order valence-electron chi connectivity index (χ1n) is 5.62. The number of non-ortho nitro benzene ring substituents is 1. The fraction of sp³-hybridized carbons (Fsp3) is 0.154. The monoisotopic (exact) mass is 259 g/mol. The molecule has 0 bridgehead atoms. The van der Waals surface area contributed by atoms with Gasteiger partial charge in [0.2, 0.25) is 0 Å². The van der Waals surface area contributed by atoms with Crippen molar-refractivity contribution < 1.29 is 9.34 Å². The van der Waals surface area contributed by atoms with E-state index in [-0.39, 0.29) is 5.69 Å². The van der Waals surface area contributed by atoms with Crippen molar-refractivity contribution in [1.29, 1.82) is 0 Å². The van der Waals surface area contributed by atoms with Crippen LogP contribution in [0.15, 0.2) is 45.9 Å². The van der Waals surface area contributed by atoms with Gasteiger partial charge in [-0.3, -0.25) is 10.1 Å². The van der Waals surface area contributed by atoms with Crippen molar-refractivity contribution in [3.05, 3.63) is 52.3 Å². The zero-order valence-corrected chi connectivity index (χ0v) is 10.6. The average molecular weight is 259 g/mol.